The first-order valence-electron chi connectivity index (χ1n) is 10.1. The van der Waals surface area contributed by atoms with E-state index in [1.165, 1.54) is 6.07 Å². The number of hydrogen-bond donors (Lipinski definition) is 2. The smallest absolute Gasteiger partial charge is 0.256 e. The Hall–Kier alpha value is -1.55. The van der Waals surface area contributed by atoms with E-state index in [1.54, 1.807) is 24.0 Å². The van der Waals surface area contributed by atoms with Crippen LogP contribution in [0.3, 0.4) is 0 Å². The standard InChI is InChI=1S/C20H30FN3O4S/c1-13-3-4-15(11-18(13)21)19(20(25)24-10-9-23-14(2)12-24)28-16-5-7-17(8-6-16)29(22,26)27/h3-4,11,14,16-17,19,23H,5-10,12H2,1-2H3,(H2,22,26,27)/t14-,16?,17?,19?/m1/s1. The second-order valence-electron chi connectivity index (χ2n) is 8.15. The molecule has 0 aromatic heterocycles. The van der Waals surface area contributed by atoms with Crippen LogP contribution in [-0.2, 0) is 19.6 Å². The summed E-state index contributed by atoms with van der Waals surface area (Å²) >= 11 is 0. The molecule has 1 saturated carbocycles. The van der Waals surface area contributed by atoms with E-state index >= 15 is 0 Å². The highest BCUT2D eigenvalue weighted by atomic mass is 32.2. The van der Waals surface area contributed by atoms with E-state index in [9.17, 15) is 17.6 Å². The number of hydrogen-bond acceptors (Lipinski definition) is 5. The molecule has 0 spiro atoms. The molecule has 0 radical (unpaired) electrons. The number of nitrogens with zero attached hydrogens (tertiary/aromatic N) is 1. The highest BCUT2D eigenvalue weighted by Crippen LogP contribution is 2.31. The molecule has 9 heteroatoms. The van der Waals surface area contributed by atoms with Crippen molar-refractivity contribution >= 4 is 15.9 Å². The van der Waals surface area contributed by atoms with Crippen LogP contribution >= 0.6 is 0 Å². The van der Waals surface area contributed by atoms with Gasteiger partial charge in [-0.1, -0.05) is 12.1 Å². The van der Waals surface area contributed by atoms with Gasteiger partial charge in [0.2, 0.25) is 10.0 Å². The molecular formula is C20H30FN3O4S. The Morgan fingerprint density at radius 3 is 2.59 bits per heavy atom. The summed E-state index contributed by atoms with van der Waals surface area (Å²) in [6.07, 6.45) is 0.612. The molecule has 29 heavy (non-hydrogen) atoms. The van der Waals surface area contributed by atoms with Crippen LogP contribution in [0.5, 0.6) is 0 Å². The number of aryl methyl sites for hydroxylation is 1. The average molecular weight is 428 g/mol. The fourth-order valence-electron chi connectivity index (χ4n) is 4.04. The summed E-state index contributed by atoms with van der Waals surface area (Å²) in [5, 5.41) is 7.99. The Balaban J connectivity index is 1.78. The zero-order valence-corrected chi connectivity index (χ0v) is 17.8. The summed E-state index contributed by atoms with van der Waals surface area (Å²) in [6, 6.07) is 4.91. The lowest BCUT2D eigenvalue weighted by molar-refractivity contribution is -0.150. The zero-order valence-electron chi connectivity index (χ0n) is 16.9. The SMILES string of the molecule is Cc1ccc(C(OC2CCC(S(N)(=O)=O)CC2)C(=O)N2CCN[C@H](C)C2)cc1F. The van der Waals surface area contributed by atoms with Gasteiger partial charge in [-0.3, -0.25) is 4.79 Å². The maximum Gasteiger partial charge on any atom is 0.256 e. The van der Waals surface area contributed by atoms with Crippen LogP contribution in [0.25, 0.3) is 0 Å². The van der Waals surface area contributed by atoms with Crippen molar-refractivity contribution in [1.29, 1.82) is 0 Å². The Morgan fingerprint density at radius 1 is 1.31 bits per heavy atom. The summed E-state index contributed by atoms with van der Waals surface area (Å²) in [5.41, 5.74) is 0.988. The van der Waals surface area contributed by atoms with Crippen molar-refractivity contribution < 1.29 is 22.3 Å². The number of carbonyl (C=O) groups excluding carboxylic acids is 1. The van der Waals surface area contributed by atoms with Gasteiger partial charge < -0.3 is 15.0 Å². The van der Waals surface area contributed by atoms with E-state index in [4.69, 9.17) is 9.88 Å². The minimum absolute atomic E-state index is 0.174. The molecule has 2 fully saturated rings. The van der Waals surface area contributed by atoms with Crippen LogP contribution in [0.15, 0.2) is 18.2 Å². The number of piperazine rings is 1. The molecule has 2 atom stereocenters. The Morgan fingerprint density at radius 2 is 2.00 bits per heavy atom. The second kappa shape index (κ2) is 9.07. The summed E-state index contributed by atoms with van der Waals surface area (Å²) in [6.45, 7) is 5.50. The molecule has 1 amide bonds. The number of benzene rings is 1. The van der Waals surface area contributed by atoms with Crippen LogP contribution in [0, 0.1) is 12.7 Å². The average Bonchev–Trinajstić information content (AvgIpc) is 2.67. The molecule has 1 aromatic carbocycles. The zero-order chi connectivity index (χ0) is 21.2. The van der Waals surface area contributed by atoms with E-state index in [-0.39, 0.29) is 23.9 Å². The topological polar surface area (TPSA) is 102 Å². The van der Waals surface area contributed by atoms with Crippen LogP contribution < -0.4 is 10.5 Å². The number of nitrogens with one attached hydrogen (secondary N) is 1. The molecule has 3 rings (SSSR count). The van der Waals surface area contributed by atoms with Crippen molar-refractivity contribution in [3.05, 3.63) is 35.1 Å². The van der Waals surface area contributed by atoms with Crippen LogP contribution in [-0.4, -0.2) is 56.3 Å². The van der Waals surface area contributed by atoms with Crippen LogP contribution in [0.2, 0.25) is 0 Å². The number of nitrogens with two attached hydrogens (primary N) is 1. The molecule has 3 N–H and O–H groups in total. The number of amides is 1. The molecule has 2 aliphatic rings. The van der Waals surface area contributed by atoms with Gasteiger partial charge in [-0.15, -0.1) is 0 Å². The molecule has 1 saturated heterocycles. The van der Waals surface area contributed by atoms with E-state index < -0.39 is 21.4 Å². The van der Waals surface area contributed by atoms with E-state index in [0.29, 0.717) is 56.4 Å². The summed E-state index contributed by atoms with van der Waals surface area (Å²) in [4.78, 5) is 15.0. The van der Waals surface area contributed by atoms with E-state index in [2.05, 4.69) is 5.32 Å². The lowest BCUT2D eigenvalue weighted by Gasteiger charge is -2.36. The third-order valence-electron chi connectivity index (χ3n) is 5.82. The van der Waals surface area contributed by atoms with Crippen molar-refractivity contribution in [2.24, 2.45) is 5.14 Å². The quantitative estimate of drug-likeness (QED) is 0.743. The first kappa shape index (κ1) is 22.1. The van der Waals surface area contributed by atoms with Gasteiger partial charge in [0.05, 0.1) is 11.4 Å². The van der Waals surface area contributed by atoms with Crippen LogP contribution in [0.1, 0.15) is 49.8 Å². The molecular weight excluding hydrogens is 397 g/mol. The van der Waals surface area contributed by atoms with E-state index in [0.717, 1.165) is 0 Å². The number of ether oxygens (including phenoxy) is 1. The van der Waals surface area contributed by atoms with Gasteiger partial charge >= 0.3 is 0 Å². The molecule has 0 bridgehead atoms. The van der Waals surface area contributed by atoms with Crippen molar-refractivity contribution in [3.8, 4) is 0 Å². The highest BCUT2D eigenvalue weighted by molar-refractivity contribution is 7.89. The predicted molar refractivity (Wildman–Crippen MR) is 108 cm³/mol. The first-order valence-corrected chi connectivity index (χ1v) is 11.7. The number of primary sulfonamides is 1. The van der Waals surface area contributed by atoms with Crippen molar-refractivity contribution in [2.75, 3.05) is 19.6 Å². The molecule has 1 heterocycles. The van der Waals surface area contributed by atoms with Gasteiger partial charge in [0.15, 0.2) is 6.10 Å². The Labute approximate surface area is 171 Å². The molecule has 1 aliphatic carbocycles. The minimum Gasteiger partial charge on any atom is -0.360 e. The Kier molecular flexibility index (Phi) is 6.93. The van der Waals surface area contributed by atoms with Gasteiger partial charge in [0.25, 0.3) is 5.91 Å². The predicted octanol–water partition coefficient (Wildman–Crippen LogP) is 1.61. The molecule has 1 aromatic rings. The number of halogens is 1. The first-order chi connectivity index (χ1) is 13.6. The third kappa shape index (κ3) is 5.53. The van der Waals surface area contributed by atoms with Crippen molar-refractivity contribution in [1.82, 2.24) is 10.2 Å². The van der Waals surface area contributed by atoms with Gasteiger partial charge in [-0.25, -0.2) is 17.9 Å². The lowest BCUT2D eigenvalue weighted by Crippen LogP contribution is -2.53. The minimum atomic E-state index is -3.57. The van der Waals surface area contributed by atoms with Crippen molar-refractivity contribution in [3.63, 3.8) is 0 Å². The number of rotatable bonds is 5. The molecule has 7 nitrogen and oxygen atoms in total. The molecule has 162 valence electrons. The largest absolute Gasteiger partial charge is 0.360 e. The van der Waals surface area contributed by atoms with Crippen molar-refractivity contribution in [2.45, 2.75) is 63.0 Å². The number of carbonyl (C=O) groups is 1. The third-order valence-corrected chi connectivity index (χ3v) is 7.22. The maximum atomic E-state index is 14.2. The summed E-state index contributed by atoms with van der Waals surface area (Å²) < 4.78 is 43.5. The second-order valence-corrected chi connectivity index (χ2v) is 10.00. The fraction of sp³-hybridized carbons (Fsp3) is 0.650. The highest BCUT2D eigenvalue weighted by Gasteiger charge is 2.35. The summed E-state index contributed by atoms with van der Waals surface area (Å²) in [5.74, 6) is -0.564. The number of sulfonamides is 1. The van der Waals surface area contributed by atoms with Gasteiger partial charge in [0, 0.05) is 25.7 Å². The monoisotopic (exact) mass is 427 g/mol. The van der Waals surface area contributed by atoms with Gasteiger partial charge in [-0.2, -0.15) is 0 Å². The maximum absolute atomic E-state index is 14.2. The van der Waals surface area contributed by atoms with Gasteiger partial charge in [0.1, 0.15) is 5.82 Å². The Bertz CT molecular complexity index is 840. The molecule has 1 aliphatic heterocycles. The van der Waals surface area contributed by atoms with E-state index in [1.807, 2.05) is 6.92 Å². The summed E-state index contributed by atoms with van der Waals surface area (Å²) in [7, 11) is -3.57. The van der Waals surface area contributed by atoms with Crippen LogP contribution in [0.4, 0.5) is 4.39 Å². The molecule has 1 unspecified atom stereocenters. The fourth-order valence-corrected chi connectivity index (χ4v) is 4.97. The lowest BCUT2D eigenvalue weighted by atomic mass is 9.96. The van der Waals surface area contributed by atoms with Gasteiger partial charge in [-0.05, 0) is 56.7 Å². The normalized spacial score (nSPS) is 26.9.